The van der Waals surface area contributed by atoms with Crippen LogP contribution in [0.5, 0.6) is 11.6 Å². The van der Waals surface area contributed by atoms with Crippen LogP contribution < -0.4 is 10.1 Å². The molecule has 3 heterocycles. The molecule has 1 saturated heterocycles. The van der Waals surface area contributed by atoms with E-state index in [1.54, 1.807) is 43.6 Å². The highest BCUT2D eigenvalue weighted by Gasteiger charge is 2.19. The van der Waals surface area contributed by atoms with E-state index in [1.165, 1.54) is 0 Å². The molecule has 2 amide bonds. The number of imidazole rings is 1. The maximum Gasteiger partial charge on any atom is 0.251 e. The van der Waals surface area contributed by atoms with Crippen LogP contribution in [0.25, 0.3) is 33.5 Å². The van der Waals surface area contributed by atoms with Crippen LogP contribution >= 0.6 is 0 Å². The first-order chi connectivity index (χ1) is 17.5. The maximum absolute atomic E-state index is 12.7. The van der Waals surface area contributed by atoms with E-state index in [2.05, 4.69) is 20.3 Å². The van der Waals surface area contributed by atoms with Crippen LogP contribution in [0.2, 0.25) is 0 Å². The van der Waals surface area contributed by atoms with Crippen molar-refractivity contribution in [3.8, 4) is 34.1 Å². The zero-order valence-corrected chi connectivity index (χ0v) is 20.0. The Labute approximate surface area is 208 Å². The summed E-state index contributed by atoms with van der Waals surface area (Å²) in [5.74, 6) is 1.06. The Hall–Kier alpha value is -4.40. The summed E-state index contributed by atoms with van der Waals surface area (Å²) < 4.78 is 5.37. The minimum absolute atomic E-state index is 0.0788. The molecule has 0 aliphatic carbocycles. The Balaban J connectivity index is 1.32. The van der Waals surface area contributed by atoms with E-state index in [-0.39, 0.29) is 17.6 Å². The van der Waals surface area contributed by atoms with Gasteiger partial charge >= 0.3 is 0 Å². The van der Waals surface area contributed by atoms with Crippen molar-refractivity contribution >= 4 is 22.8 Å². The summed E-state index contributed by atoms with van der Waals surface area (Å²) in [4.78, 5) is 38.3. The maximum atomic E-state index is 12.7. The molecule has 1 fully saturated rings. The average molecular weight is 486 g/mol. The fraction of sp³-hybridized carbons (Fsp3) is 0.259. The van der Waals surface area contributed by atoms with Gasteiger partial charge in [-0.25, -0.2) is 9.97 Å². The first-order valence-corrected chi connectivity index (χ1v) is 11.9. The number of H-pyrrole nitrogens is 1. The van der Waals surface area contributed by atoms with E-state index < -0.39 is 0 Å². The van der Waals surface area contributed by atoms with Gasteiger partial charge in [-0.05, 0) is 60.9 Å². The SMILES string of the molecule is COc1ncccc1-c1ccc(O)c(-c2nc3ccc(C(=O)NCCCN4CCCC4=O)cc3[nH]2)c1. The van der Waals surface area contributed by atoms with Gasteiger partial charge in [0.1, 0.15) is 11.6 Å². The summed E-state index contributed by atoms with van der Waals surface area (Å²) in [5, 5.41) is 13.5. The van der Waals surface area contributed by atoms with Crippen LogP contribution in [-0.2, 0) is 4.79 Å². The van der Waals surface area contributed by atoms with Gasteiger partial charge in [0, 0.05) is 43.4 Å². The number of ether oxygens (including phenoxy) is 1. The number of pyridine rings is 1. The lowest BCUT2D eigenvalue weighted by Gasteiger charge is -2.15. The number of aromatic hydroxyl groups is 1. The van der Waals surface area contributed by atoms with E-state index in [4.69, 9.17) is 4.74 Å². The average Bonchev–Trinajstić information content (AvgIpc) is 3.52. The second kappa shape index (κ2) is 10.1. The molecule has 1 aliphatic rings. The number of benzene rings is 2. The Kier molecular flexibility index (Phi) is 6.53. The minimum Gasteiger partial charge on any atom is -0.507 e. The molecule has 184 valence electrons. The number of carbonyl (C=O) groups excluding carboxylic acids is 2. The van der Waals surface area contributed by atoms with Crippen molar-refractivity contribution in [1.29, 1.82) is 0 Å². The standard InChI is InChI=1S/C27H27N5O4/c1-36-27-19(5-2-11-29-27)17-8-10-23(33)20(15-17)25-30-21-9-7-18(16-22(21)31-25)26(35)28-12-4-14-32-13-3-6-24(32)34/h2,5,7-11,15-16,33H,3-4,6,12-14H2,1H3,(H,28,35)(H,30,31). The van der Waals surface area contributed by atoms with E-state index in [0.29, 0.717) is 59.8 Å². The highest BCUT2D eigenvalue weighted by atomic mass is 16.5. The number of phenolic OH excluding ortho intramolecular Hbond substituents is 1. The van der Waals surface area contributed by atoms with Crippen LogP contribution in [0.1, 0.15) is 29.6 Å². The first kappa shape index (κ1) is 23.3. The van der Waals surface area contributed by atoms with Crippen molar-refractivity contribution < 1.29 is 19.4 Å². The Morgan fingerprint density at radius 3 is 2.89 bits per heavy atom. The van der Waals surface area contributed by atoms with Crippen molar-refractivity contribution in [2.75, 3.05) is 26.7 Å². The normalized spacial score (nSPS) is 13.4. The summed E-state index contributed by atoms with van der Waals surface area (Å²) in [7, 11) is 1.56. The number of carbonyl (C=O) groups is 2. The van der Waals surface area contributed by atoms with Crippen LogP contribution in [0.4, 0.5) is 0 Å². The van der Waals surface area contributed by atoms with Gasteiger partial charge in [-0.2, -0.15) is 0 Å². The molecule has 4 aromatic rings. The number of aromatic nitrogens is 3. The Morgan fingerprint density at radius 1 is 1.19 bits per heavy atom. The number of amides is 2. The highest BCUT2D eigenvalue weighted by molar-refractivity contribution is 5.97. The van der Waals surface area contributed by atoms with E-state index in [9.17, 15) is 14.7 Å². The molecular weight excluding hydrogens is 458 g/mol. The molecule has 1 aliphatic heterocycles. The van der Waals surface area contributed by atoms with Gasteiger partial charge in [0.25, 0.3) is 5.91 Å². The number of aromatic amines is 1. The number of likely N-dealkylation sites (tertiary alicyclic amines) is 1. The van der Waals surface area contributed by atoms with Crippen LogP contribution in [-0.4, -0.2) is 63.5 Å². The number of phenols is 1. The summed E-state index contributed by atoms with van der Waals surface area (Å²) in [6, 6.07) is 14.2. The fourth-order valence-electron chi connectivity index (χ4n) is 4.46. The van der Waals surface area contributed by atoms with Crippen molar-refractivity contribution in [3.05, 3.63) is 60.3 Å². The molecular formula is C27H27N5O4. The summed E-state index contributed by atoms with van der Waals surface area (Å²) in [6.07, 6.45) is 3.91. The molecule has 0 unspecified atom stereocenters. The zero-order chi connectivity index (χ0) is 25.1. The quantitative estimate of drug-likeness (QED) is 0.327. The predicted octanol–water partition coefficient (Wildman–Crippen LogP) is 3.75. The van der Waals surface area contributed by atoms with Gasteiger partial charge < -0.3 is 25.0 Å². The molecule has 0 bridgehead atoms. The lowest BCUT2D eigenvalue weighted by molar-refractivity contribution is -0.127. The van der Waals surface area contributed by atoms with E-state index >= 15 is 0 Å². The molecule has 5 rings (SSSR count). The highest BCUT2D eigenvalue weighted by Crippen LogP contribution is 2.35. The molecule has 0 radical (unpaired) electrons. The third kappa shape index (κ3) is 4.72. The number of fused-ring (bicyclic) bond motifs is 1. The predicted molar refractivity (Wildman–Crippen MR) is 136 cm³/mol. The third-order valence-corrected chi connectivity index (χ3v) is 6.33. The number of hydrogen-bond acceptors (Lipinski definition) is 6. The topological polar surface area (TPSA) is 120 Å². The molecule has 3 N–H and O–H groups in total. The van der Waals surface area contributed by atoms with Crippen LogP contribution in [0.15, 0.2) is 54.7 Å². The molecule has 0 atom stereocenters. The monoisotopic (exact) mass is 485 g/mol. The van der Waals surface area contributed by atoms with Gasteiger partial charge in [-0.1, -0.05) is 6.07 Å². The van der Waals surface area contributed by atoms with E-state index in [0.717, 1.165) is 24.1 Å². The van der Waals surface area contributed by atoms with Crippen LogP contribution in [0, 0.1) is 0 Å². The van der Waals surface area contributed by atoms with Crippen molar-refractivity contribution in [3.63, 3.8) is 0 Å². The van der Waals surface area contributed by atoms with Gasteiger partial charge in [-0.15, -0.1) is 0 Å². The molecule has 0 spiro atoms. The largest absolute Gasteiger partial charge is 0.507 e. The number of rotatable bonds is 8. The molecule has 9 heteroatoms. The third-order valence-electron chi connectivity index (χ3n) is 6.33. The molecule has 9 nitrogen and oxygen atoms in total. The first-order valence-electron chi connectivity index (χ1n) is 11.9. The van der Waals surface area contributed by atoms with E-state index in [1.807, 2.05) is 23.1 Å². The van der Waals surface area contributed by atoms with Crippen LogP contribution in [0.3, 0.4) is 0 Å². The summed E-state index contributed by atoms with van der Waals surface area (Å²) in [6.45, 7) is 1.96. The molecule has 36 heavy (non-hydrogen) atoms. The van der Waals surface area contributed by atoms with Gasteiger partial charge in [0.05, 0.1) is 23.7 Å². The van der Waals surface area contributed by atoms with Crippen molar-refractivity contribution in [1.82, 2.24) is 25.2 Å². The minimum atomic E-state index is -0.186. The molecule has 2 aromatic carbocycles. The molecule has 2 aromatic heterocycles. The summed E-state index contributed by atoms with van der Waals surface area (Å²) in [5.41, 5.74) is 4.02. The lowest BCUT2D eigenvalue weighted by atomic mass is 10.0. The van der Waals surface area contributed by atoms with Gasteiger partial charge in [0.15, 0.2) is 0 Å². The second-order valence-electron chi connectivity index (χ2n) is 8.70. The number of methoxy groups -OCH3 is 1. The number of hydrogen-bond donors (Lipinski definition) is 3. The fourth-order valence-corrected chi connectivity index (χ4v) is 4.46. The zero-order valence-electron chi connectivity index (χ0n) is 20.0. The Morgan fingerprint density at radius 2 is 2.08 bits per heavy atom. The number of nitrogens with one attached hydrogen (secondary N) is 2. The lowest BCUT2D eigenvalue weighted by Crippen LogP contribution is -2.30. The van der Waals surface area contributed by atoms with Gasteiger partial charge in [-0.3, -0.25) is 9.59 Å². The Bertz CT molecular complexity index is 1430. The van der Waals surface area contributed by atoms with Crippen molar-refractivity contribution in [2.45, 2.75) is 19.3 Å². The van der Waals surface area contributed by atoms with Crippen molar-refractivity contribution in [2.24, 2.45) is 0 Å². The second-order valence-corrected chi connectivity index (χ2v) is 8.70. The smallest absolute Gasteiger partial charge is 0.251 e. The van der Waals surface area contributed by atoms with Gasteiger partial charge in [0.2, 0.25) is 11.8 Å². The summed E-state index contributed by atoms with van der Waals surface area (Å²) >= 11 is 0. The number of nitrogens with zero attached hydrogens (tertiary/aromatic N) is 3. The molecule has 0 saturated carbocycles.